The molecular formula is C19H19N3S. The minimum Gasteiger partial charge on any atom is -0.346 e. The summed E-state index contributed by atoms with van der Waals surface area (Å²) in [4.78, 5) is 9.21. The normalized spacial score (nSPS) is 16.5. The maximum absolute atomic E-state index is 4.58. The molecule has 4 aromatic rings. The number of aromatic nitrogens is 3. The van der Waals surface area contributed by atoms with Gasteiger partial charge in [-0.15, -0.1) is 11.3 Å². The van der Waals surface area contributed by atoms with Crippen LogP contribution in [0, 0.1) is 0 Å². The van der Waals surface area contributed by atoms with E-state index < -0.39 is 0 Å². The molecule has 1 aliphatic rings. The molecule has 23 heavy (non-hydrogen) atoms. The van der Waals surface area contributed by atoms with E-state index in [9.17, 15) is 0 Å². The van der Waals surface area contributed by atoms with Crippen LogP contribution in [-0.2, 0) is 0 Å². The summed E-state index contributed by atoms with van der Waals surface area (Å²) in [6.07, 6.45) is 10.7. The Morgan fingerprint density at radius 2 is 2.09 bits per heavy atom. The summed E-state index contributed by atoms with van der Waals surface area (Å²) >= 11 is 1.83. The van der Waals surface area contributed by atoms with Crippen LogP contribution in [-0.4, -0.2) is 14.5 Å². The highest BCUT2D eigenvalue weighted by molar-refractivity contribution is 7.13. The third-order valence-electron chi connectivity index (χ3n) is 5.09. The van der Waals surface area contributed by atoms with Crippen molar-refractivity contribution in [1.82, 2.24) is 14.5 Å². The second-order valence-electron chi connectivity index (χ2n) is 6.47. The smallest absolute Gasteiger partial charge is 0.139 e. The van der Waals surface area contributed by atoms with Gasteiger partial charge in [0.05, 0.1) is 16.1 Å². The fourth-order valence-corrected chi connectivity index (χ4v) is 4.79. The number of hydrogen-bond acceptors (Lipinski definition) is 2. The van der Waals surface area contributed by atoms with Gasteiger partial charge in [0.1, 0.15) is 5.65 Å². The van der Waals surface area contributed by atoms with Crippen molar-refractivity contribution in [3.05, 3.63) is 42.0 Å². The van der Waals surface area contributed by atoms with Gasteiger partial charge in [-0.25, -0.2) is 4.98 Å². The average molecular weight is 321 g/mol. The van der Waals surface area contributed by atoms with Crippen LogP contribution >= 0.6 is 11.3 Å². The molecule has 0 unspecified atom stereocenters. The monoisotopic (exact) mass is 321 g/mol. The Labute approximate surface area is 139 Å². The van der Waals surface area contributed by atoms with E-state index in [0.717, 1.165) is 5.65 Å². The van der Waals surface area contributed by atoms with Crippen molar-refractivity contribution in [3.8, 4) is 10.6 Å². The number of hydrogen-bond donors (Lipinski definition) is 1. The molecule has 0 radical (unpaired) electrons. The van der Waals surface area contributed by atoms with Crippen LogP contribution in [0.2, 0.25) is 0 Å². The first kappa shape index (κ1) is 13.4. The predicted molar refractivity (Wildman–Crippen MR) is 97.0 cm³/mol. The molecule has 4 heterocycles. The third kappa shape index (κ3) is 2.05. The molecule has 0 bridgehead atoms. The molecule has 0 amide bonds. The van der Waals surface area contributed by atoms with E-state index in [1.54, 1.807) is 0 Å². The van der Waals surface area contributed by atoms with Crippen LogP contribution in [0.3, 0.4) is 0 Å². The fourth-order valence-electron chi connectivity index (χ4n) is 4.05. The Hall–Kier alpha value is -2.07. The van der Waals surface area contributed by atoms with Gasteiger partial charge in [-0.1, -0.05) is 25.3 Å². The molecule has 1 saturated carbocycles. The van der Waals surface area contributed by atoms with Gasteiger partial charge < -0.3 is 9.55 Å². The van der Waals surface area contributed by atoms with Crippen molar-refractivity contribution >= 4 is 33.3 Å². The van der Waals surface area contributed by atoms with Gasteiger partial charge in [0.25, 0.3) is 0 Å². The SMILES string of the molecule is c1csc(-c2cc3cnc4[nH]ccc4c3n2C2CCCCC2)c1. The summed E-state index contributed by atoms with van der Waals surface area (Å²) in [7, 11) is 0. The van der Waals surface area contributed by atoms with Crippen LogP contribution in [0.1, 0.15) is 38.1 Å². The second-order valence-corrected chi connectivity index (χ2v) is 7.42. The largest absolute Gasteiger partial charge is 0.346 e. The van der Waals surface area contributed by atoms with Crippen molar-refractivity contribution in [2.75, 3.05) is 0 Å². The van der Waals surface area contributed by atoms with Crippen molar-refractivity contribution in [3.63, 3.8) is 0 Å². The molecule has 4 heteroatoms. The van der Waals surface area contributed by atoms with E-state index in [0.29, 0.717) is 6.04 Å². The Balaban J connectivity index is 1.85. The minimum absolute atomic E-state index is 0.610. The number of nitrogens with zero attached hydrogens (tertiary/aromatic N) is 2. The highest BCUT2D eigenvalue weighted by Gasteiger charge is 2.23. The first-order chi connectivity index (χ1) is 11.4. The van der Waals surface area contributed by atoms with Crippen LogP contribution in [0.4, 0.5) is 0 Å². The second kappa shape index (κ2) is 5.24. The predicted octanol–water partition coefficient (Wildman–Crippen LogP) is 5.75. The van der Waals surface area contributed by atoms with Gasteiger partial charge >= 0.3 is 0 Å². The standard InChI is InChI=1S/C19H19N3S/c1-2-5-14(6-3-1)22-16(17-7-4-10-23-17)11-13-12-21-19-15(18(13)22)8-9-20-19/h4,7-12,14H,1-3,5-6H2,(H,20,21). The summed E-state index contributed by atoms with van der Waals surface area (Å²) in [6.45, 7) is 0. The summed E-state index contributed by atoms with van der Waals surface area (Å²) in [5.41, 5.74) is 3.70. The summed E-state index contributed by atoms with van der Waals surface area (Å²) < 4.78 is 2.61. The molecule has 0 atom stereocenters. The zero-order valence-corrected chi connectivity index (χ0v) is 13.8. The minimum atomic E-state index is 0.610. The van der Waals surface area contributed by atoms with E-state index in [4.69, 9.17) is 0 Å². The maximum Gasteiger partial charge on any atom is 0.139 e. The number of pyridine rings is 1. The average Bonchev–Trinajstić information content (AvgIpc) is 3.32. The zero-order chi connectivity index (χ0) is 15.2. The number of nitrogens with one attached hydrogen (secondary N) is 1. The van der Waals surface area contributed by atoms with Crippen molar-refractivity contribution in [1.29, 1.82) is 0 Å². The Morgan fingerprint density at radius 1 is 1.17 bits per heavy atom. The lowest BCUT2D eigenvalue weighted by Crippen LogP contribution is -2.13. The highest BCUT2D eigenvalue weighted by atomic mass is 32.1. The Morgan fingerprint density at radius 3 is 2.91 bits per heavy atom. The number of fused-ring (bicyclic) bond motifs is 3. The fraction of sp³-hybridized carbons (Fsp3) is 0.316. The third-order valence-corrected chi connectivity index (χ3v) is 5.98. The molecule has 0 aromatic carbocycles. The van der Waals surface area contributed by atoms with Gasteiger partial charge in [0, 0.05) is 29.2 Å². The first-order valence-corrected chi connectivity index (χ1v) is 9.31. The van der Waals surface area contributed by atoms with Crippen LogP contribution in [0.25, 0.3) is 32.5 Å². The van der Waals surface area contributed by atoms with E-state index in [2.05, 4.69) is 44.2 Å². The molecule has 4 aromatic heterocycles. The molecule has 1 N–H and O–H groups in total. The zero-order valence-electron chi connectivity index (χ0n) is 13.0. The molecule has 5 rings (SSSR count). The molecule has 1 aliphatic carbocycles. The van der Waals surface area contributed by atoms with Gasteiger partial charge in [0.2, 0.25) is 0 Å². The van der Waals surface area contributed by atoms with Gasteiger partial charge in [0.15, 0.2) is 0 Å². The molecule has 0 saturated heterocycles. The quantitative estimate of drug-likeness (QED) is 0.501. The van der Waals surface area contributed by atoms with Crippen LogP contribution in [0.15, 0.2) is 42.0 Å². The Kier molecular flexibility index (Phi) is 3.05. The van der Waals surface area contributed by atoms with Gasteiger partial charge in [-0.05, 0) is 36.4 Å². The first-order valence-electron chi connectivity index (χ1n) is 8.43. The summed E-state index contributed by atoms with van der Waals surface area (Å²) in [5, 5.41) is 4.67. The molecule has 0 spiro atoms. The van der Waals surface area contributed by atoms with Crippen LogP contribution < -0.4 is 0 Å². The van der Waals surface area contributed by atoms with Gasteiger partial charge in [-0.2, -0.15) is 0 Å². The van der Waals surface area contributed by atoms with Crippen molar-refractivity contribution in [2.45, 2.75) is 38.1 Å². The lowest BCUT2D eigenvalue weighted by atomic mass is 9.95. The molecule has 116 valence electrons. The summed E-state index contributed by atoms with van der Waals surface area (Å²) in [5.74, 6) is 0. The van der Waals surface area contributed by atoms with Crippen molar-refractivity contribution in [2.24, 2.45) is 0 Å². The number of rotatable bonds is 2. The number of aromatic amines is 1. The lowest BCUT2D eigenvalue weighted by Gasteiger charge is -2.26. The summed E-state index contributed by atoms with van der Waals surface area (Å²) in [6, 6.07) is 9.49. The Bertz CT molecular complexity index is 955. The molecule has 0 aliphatic heterocycles. The maximum atomic E-state index is 4.58. The molecule has 1 fully saturated rings. The number of thiophene rings is 1. The van der Waals surface area contributed by atoms with Crippen molar-refractivity contribution < 1.29 is 0 Å². The number of H-pyrrole nitrogens is 1. The van der Waals surface area contributed by atoms with Gasteiger partial charge in [-0.3, -0.25) is 0 Å². The van der Waals surface area contributed by atoms with E-state index >= 15 is 0 Å². The molecule has 3 nitrogen and oxygen atoms in total. The molecular weight excluding hydrogens is 302 g/mol. The lowest BCUT2D eigenvalue weighted by molar-refractivity contribution is 0.363. The van der Waals surface area contributed by atoms with E-state index in [-0.39, 0.29) is 0 Å². The van der Waals surface area contributed by atoms with E-state index in [1.165, 1.54) is 59.0 Å². The highest BCUT2D eigenvalue weighted by Crippen LogP contribution is 2.40. The topological polar surface area (TPSA) is 33.6 Å². The van der Waals surface area contributed by atoms with Crippen LogP contribution in [0.5, 0.6) is 0 Å². The van der Waals surface area contributed by atoms with E-state index in [1.807, 2.05) is 23.7 Å².